The van der Waals surface area contributed by atoms with Gasteiger partial charge in [-0.2, -0.15) is 0 Å². The van der Waals surface area contributed by atoms with Crippen LogP contribution in [0.3, 0.4) is 0 Å². The van der Waals surface area contributed by atoms with Crippen molar-refractivity contribution in [1.29, 1.82) is 0 Å². The van der Waals surface area contributed by atoms with Gasteiger partial charge in [-0.3, -0.25) is 0 Å². The molecule has 0 bridgehead atoms. The number of likely N-dealkylation sites (N-methyl/N-ethyl adjacent to an activating group) is 1. The Labute approximate surface area is 145 Å². The number of hydrogen-bond donors (Lipinski definition) is 0. The Hall–Kier alpha value is -1.45. The number of rotatable bonds is 9. The topological polar surface area (TPSA) is 6.48 Å². The molecule has 2 rings (SSSR count). The molecule has 0 amide bonds. The summed E-state index contributed by atoms with van der Waals surface area (Å²) in [5.74, 6) is 1.16. The summed E-state index contributed by atoms with van der Waals surface area (Å²) in [6.45, 7) is 5.41. The number of aryl methyl sites for hydroxylation is 1. The van der Waals surface area contributed by atoms with Gasteiger partial charge in [-0.25, -0.2) is 0 Å². The van der Waals surface area contributed by atoms with Crippen LogP contribution in [0.4, 0.5) is 5.69 Å². The van der Waals surface area contributed by atoms with Crippen LogP contribution in [0.15, 0.2) is 59.5 Å². The van der Waals surface area contributed by atoms with Gasteiger partial charge < -0.3 is 9.80 Å². The molecule has 124 valence electrons. The average Bonchev–Trinajstić information content (AvgIpc) is 2.56. The molecule has 0 N–H and O–H groups in total. The second-order valence-electron chi connectivity index (χ2n) is 6.14. The van der Waals surface area contributed by atoms with Crippen molar-refractivity contribution < 1.29 is 0 Å². The molecular weight excluding hydrogens is 300 g/mol. The Morgan fingerprint density at radius 2 is 1.52 bits per heavy atom. The first-order valence-corrected chi connectivity index (χ1v) is 9.28. The van der Waals surface area contributed by atoms with Crippen molar-refractivity contribution >= 4 is 17.4 Å². The third-order valence-electron chi connectivity index (χ3n) is 3.80. The minimum absolute atomic E-state index is 1.08. The average molecular weight is 329 g/mol. The van der Waals surface area contributed by atoms with E-state index in [0.29, 0.717) is 0 Å². The molecule has 0 radical (unpaired) electrons. The number of benzene rings is 2. The minimum atomic E-state index is 1.08. The predicted molar refractivity (Wildman–Crippen MR) is 104 cm³/mol. The summed E-state index contributed by atoms with van der Waals surface area (Å²) in [5, 5.41) is 0. The summed E-state index contributed by atoms with van der Waals surface area (Å²) < 4.78 is 0. The summed E-state index contributed by atoms with van der Waals surface area (Å²) in [5.41, 5.74) is 2.66. The van der Waals surface area contributed by atoms with Crippen molar-refractivity contribution in [2.45, 2.75) is 18.2 Å². The van der Waals surface area contributed by atoms with Crippen LogP contribution in [0.2, 0.25) is 0 Å². The Kier molecular flexibility index (Phi) is 7.50. The molecule has 0 unspecified atom stereocenters. The third-order valence-corrected chi connectivity index (χ3v) is 4.90. The van der Waals surface area contributed by atoms with E-state index in [1.165, 1.54) is 22.6 Å². The smallest absolute Gasteiger partial charge is 0.0366 e. The van der Waals surface area contributed by atoms with E-state index in [1.54, 1.807) is 0 Å². The molecule has 0 spiro atoms. The molecule has 0 aliphatic heterocycles. The van der Waals surface area contributed by atoms with E-state index in [1.807, 2.05) is 11.8 Å². The molecule has 0 heterocycles. The molecule has 3 heteroatoms. The first-order chi connectivity index (χ1) is 11.1. The molecule has 2 aromatic rings. The highest BCUT2D eigenvalue weighted by atomic mass is 32.2. The van der Waals surface area contributed by atoms with Crippen molar-refractivity contribution in [2.75, 3.05) is 44.4 Å². The molecular formula is C20H28N2S. The largest absolute Gasteiger partial charge is 0.370 e. The Morgan fingerprint density at radius 3 is 2.17 bits per heavy atom. The van der Waals surface area contributed by atoms with E-state index in [9.17, 15) is 0 Å². The van der Waals surface area contributed by atoms with Gasteiger partial charge in [-0.15, -0.1) is 11.8 Å². The molecule has 0 saturated heterocycles. The SMILES string of the molecule is Cc1ccc(N(CCCSc2ccccc2)CCN(C)C)cc1. The van der Waals surface area contributed by atoms with E-state index in [4.69, 9.17) is 0 Å². The van der Waals surface area contributed by atoms with E-state index >= 15 is 0 Å². The van der Waals surface area contributed by atoms with Crippen LogP contribution in [0.5, 0.6) is 0 Å². The summed E-state index contributed by atoms with van der Waals surface area (Å²) in [6, 6.07) is 19.6. The first kappa shape index (κ1) is 17.9. The van der Waals surface area contributed by atoms with E-state index in [-0.39, 0.29) is 0 Å². The van der Waals surface area contributed by atoms with Gasteiger partial charge in [0.25, 0.3) is 0 Å². The monoisotopic (exact) mass is 328 g/mol. The lowest BCUT2D eigenvalue weighted by atomic mass is 10.2. The Balaban J connectivity index is 1.85. The number of hydrogen-bond acceptors (Lipinski definition) is 3. The van der Waals surface area contributed by atoms with Crippen LogP contribution in [-0.2, 0) is 0 Å². The van der Waals surface area contributed by atoms with Crippen molar-refractivity contribution in [3.63, 3.8) is 0 Å². The maximum Gasteiger partial charge on any atom is 0.0366 e. The zero-order valence-electron chi connectivity index (χ0n) is 14.5. The second-order valence-corrected chi connectivity index (χ2v) is 7.31. The lowest BCUT2D eigenvalue weighted by molar-refractivity contribution is 0.413. The van der Waals surface area contributed by atoms with Crippen molar-refractivity contribution in [3.05, 3.63) is 60.2 Å². The van der Waals surface area contributed by atoms with E-state index < -0.39 is 0 Å². The van der Waals surface area contributed by atoms with Crippen molar-refractivity contribution in [1.82, 2.24) is 4.90 Å². The van der Waals surface area contributed by atoms with Crippen LogP contribution < -0.4 is 4.90 Å². The summed E-state index contributed by atoms with van der Waals surface area (Å²) >= 11 is 1.95. The summed E-state index contributed by atoms with van der Waals surface area (Å²) in [4.78, 5) is 6.12. The maximum absolute atomic E-state index is 2.50. The first-order valence-electron chi connectivity index (χ1n) is 8.29. The molecule has 0 atom stereocenters. The molecule has 0 fully saturated rings. The number of nitrogens with zero attached hydrogens (tertiary/aromatic N) is 2. The van der Waals surface area contributed by atoms with Gasteiger partial charge in [0, 0.05) is 30.2 Å². The molecule has 0 saturated carbocycles. The Bertz CT molecular complexity index is 552. The van der Waals surface area contributed by atoms with Gasteiger partial charge >= 0.3 is 0 Å². The fourth-order valence-electron chi connectivity index (χ4n) is 2.41. The lowest BCUT2D eigenvalue weighted by Gasteiger charge is -2.26. The van der Waals surface area contributed by atoms with Crippen LogP contribution in [0.25, 0.3) is 0 Å². The van der Waals surface area contributed by atoms with Crippen LogP contribution in [0.1, 0.15) is 12.0 Å². The predicted octanol–water partition coefficient (Wildman–Crippen LogP) is 4.55. The molecule has 23 heavy (non-hydrogen) atoms. The van der Waals surface area contributed by atoms with Gasteiger partial charge in [0.1, 0.15) is 0 Å². The zero-order chi connectivity index (χ0) is 16.5. The highest BCUT2D eigenvalue weighted by molar-refractivity contribution is 7.99. The van der Waals surface area contributed by atoms with E-state index in [2.05, 4.69) is 85.4 Å². The standard InChI is InChI=1S/C20H28N2S/c1-18-10-12-19(13-11-18)22(16-15-21(2)3)14-7-17-23-20-8-5-4-6-9-20/h4-6,8-13H,7,14-17H2,1-3H3. The van der Waals surface area contributed by atoms with Crippen molar-refractivity contribution in [3.8, 4) is 0 Å². The van der Waals surface area contributed by atoms with E-state index in [0.717, 1.165) is 25.4 Å². The number of thioether (sulfide) groups is 1. The highest BCUT2D eigenvalue weighted by Gasteiger charge is 2.07. The molecule has 0 aromatic heterocycles. The summed E-state index contributed by atoms with van der Waals surface area (Å²) in [7, 11) is 4.27. The van der Waals surface area contributed by atoms with Gasteiger partial charge in [0.2, 0.25) is 0 Å². The van der Waals surface area contributed by atoms with Crippen LogP contribution >= 0.6 is 11.8 Å². The quantitative estimate of drug-likeness (QED) is 0.493. The Morgan fingerprint density at radius 1 is 0.826 bits per heavy atom. The van der Waals surface area contributed by atoms with Gasteiger partial charge in [-0.1, -0.05) is 35.9 Å². The van der Waals surface area contributed by atoms with Crippen LogP contribution in [-0.4, -0.2) is 44.4 Å². The maximum atomic E-state index is 2.50. The molecule has 2 nitrogen and oxygen atoms in total. The lowest BCUT2D eigenvalue weighted by Crippen LogP contribution is -2.32. The normalized spacial score (nSPS) is 11.0. The van der Waals surface area contributed by atoms with Crippen molar-refractivity contribution in [2.24, 2.45) is 0 Å². The zero-order valence-corrected chi connectivity index (χ0v) is 15.4. The highest BCUT2D eigenvalue weighted by Crippen LogP contribution is 2.20. The fourth-order valence-corrected chi connectivity index (χ4v) is 3.27. The fraction of sp³-hybridized carbons (Fsp3) is 0.400. The van der Waals surface area contributed by atoms with Gasteiger partial charge in [-0.05, 0) is 57.5 Å². The summed E-state index contributed by atoms with van der Waals surface area (Å²) in [6.07, 6.45) is 1.20. The second kappa shape index (κ2) is 9.64. The molecule has 0 aliphatic carbocycles. The van der Waals surface area contributed by atoms with Gasteiger partial charge in [0.05, 0.1) is 0 Å². The van der Waals surface area contributed by atoms with Crippen LogP contribution in [0, 0.1) is 6.92 Å². The molecule has 2 aromatic carbocycles. The minimum Gasteiger partial charge on any atom is -0.370 e. The van der Waals surface area contributed by atoms with Gasteiger partial charge in [0.15, 0.2) is 0 Å². The molecule has 0 aliphatic rings. The number of anilines is 1. The third kappa shape index (κ3) is 6.67.